The van der Waals surface area contributed by atoms with Crippen molar-refractivity contribution < 1.29 is 0 Å². The van der Waals surface area contributed by atoms with E-state index in [9.17, 15) is 0 Å². The summed E-state index contributed by atoms with van der Waals surface area (Å²) in [5.74, 6) is 0.854. The molecule has 22 heavy (non-hydrogen) atoms. The van der Waals surface area contributed by atoms with Crippen LogP contribution in [-0.4, -0.2) is 4.98 Å². The second-order valence-electron chi connectivity index (χ2n) is 5.11. The molecule has 110 valence electrons. The predicted octanol–water partition coefficient (Wildman–Crippen LogP) is 3.82. The number of hydrogen-bond acceptors (Lipinski definition) is 3. The largest absolute Gasteiger partial charge is 0.366 e. The molecule has 1 heterocycles. The lowest BCUT2D eigenvalue weighted by Crippen LogP contribution is -2.08. The number of nitrogens with zero attached hydrogens (tertiary/aromatic N) is 1. The van der Waals surface area contributed by atoms with Crippen LogP contribution >= 0.6 is 0 Å². The van der Waals surface area contributed by atoms with E-state index in [4.69, 9.17) is 10.7 Å². The van der Waals surface area contributed by atoms with Crippen LogP contribution in [0.15, 0.2) is 72.8 Å². The van der Waals surface area contributed by atoms with Gasteiger partial charge in [-0.2, -0.15) is 0 Å². The third-order valence-electron chi connectivity index (χ3n) is 3.57. The van der Waals surface area contributed by atoms with Crippen LogP contribution in [0.3, 0.4) is 0 Å². The van der Waals surface area contributed by atoms with Gasteiger partial charge in [-0.1, -0.05) is 66.7 Å². The summed E-state index contributed by atoms with van der Waals surface area (Å²) in [5.41, 5.74) is 10.1. The molecular formula is C19H19N3. The average Bonchev–Trinajstić information content (AvgIpc) is 2.61. The third kappa shape index (κ3) is 3.32. The number of benzene rings is 2. The molecule has 0 radical (unpaired) electrons. The van der Waals surface area contributed by atoms with Crippen LogP contribution in [0, 0.1) is 0 Å². The number of aromatic nitrogens is 1. The summed E-state index contributed by atoms with van der Waals surface area (Å²) < 4.78 is 0. The zero-order valence-electron chi connectivity index (χ0n) is 12.4. The molecule has 0 aliphatic carbocycles. The quantitative estimate of drug-likeness (QED) is 0.750. The van der Waals surface area contributed by atoms with E-state index in [0.29, 0.717) is 6.54 Å². The van der Waals surface area contributed by atoms with Crippen molar-refractivity contribution in [3.05, 3.63) is 83.9 Å². The second-order valence-corrected chi connectivity index (χ2v) is 5.11. The normalized spacial score (nSPS) is 10.4. The number of nitrogens with two attached hydrogens (primary N) is 1. The summed E-state index contributed by atoms with van der Waals surface area (Å²) >= 11 is 0. The first-order valence-electron chi connectivity index (χ1n) is 7.40. The van der Waals surface area contributed by atoms with E-state index in [-0.39, 0.29) is 0 Å². The number of rotatable bonds is 5. The molecule has 1 aromatic heterocycles. The number of pyridine rings is 1. The summed E-state index contributed by atoms with van der Waals surface area (Å²) in [6, 6.07) is 24.5. The minimum atomic E-state index is 0.471. The molecule has 0 saturated carbocycles. The highest BCUT2D eigenvalue weighted by molar-refractivity contribution is 5.62. The van der Waals surface area contributed by atoms with Crippen molar-refractivity contribution >= 4 is 5.82 Å². The van der Waals surface area contributed by atoms with Crippen molar-refractivity contribution in [1.82, 2.24) is 4.98 Å². The molecule has 0 aliphatic heterocycles. The molecule has 0 unspecified atom stereocenters. The Labute approximate surface area is 130 Å². The van der Waals surface area contributed by atoms with Crippen molar-refractivity contribution in [1.29, 1.82) is 0 Å². The monoisotopic (exact) mass is 289 g/mol. The van der Waals surface area contributed by atoms with E-state index in [1.165, 1.54) is 5.56 Å². The minimum absolute atomic E-state index is 0.471. The van der Waals surface area contributed by atoms with E-state index in [1.807, 2.05) is 48.5 Å². The summed E-state index contributed by atoms with van der Waals surface area (Å²) in [4.78, 5) is 4.74. The molecule has 2 aromatic carbocycles. The van der Waals surface area contributed by atoms with Gasteiger partial charge < -0.3 is 11.1 Å². The van der Waals surface area contributed by atoms with Crippen molar-refractivity contribution in [2.24, 2.45) is 5.73 Å². The fraction of sp³-hybridized carbons (Fsp3) is 0.105. The number of nitrogens with one attached hydrogen (secondary N) is 1. The molecule has 3 nitrogen and oxygen atoms in total. The molecule has 0 atom stereocenters. The van der Waals surface area contributed by atoms with Gasteiger partial charge in [0.25, 0.3) is 0 Å². The molecule has 3 N–H and O–H groups in total. The Morgan fingerprint density at radius 3 is 2.18 bits per heavy atom. The Morgan fingerprint density at radius 1 is 0.818 bits per heavy atom. The Bertz CT molecular complexity index is 724. The Kier molecular flexibility index (Phi) is 4.47. The molecule has 0 fully saturated rings. The standard InChI is InChI=1S/C19H19N3/c20-13-17-11-12-18(16-9-5-2-6-10-16)22-19(17)21-14-15-7-3-1-4-8-15/h1-12H,13-14,20H2,(H,21,22). The van der Waals surface area contributed by atoms with Crippen LogP contribution in [0.4, 0.5) is 5.82 Å². The Hall–Kier alpha value is -2.65. The molecule has 0 spiro atoms. The fourth-order valence-electron chi connectivity index (χ4n) is 2.36. The summed E-state index contributed by atoms with van der Waals surface area (Å²) in [5, 5.41) is 3.40. The highest BCUT2D eigenvalue weighted by atomic mass is 15.0. The SMILES string of the molecule is NCc1ccc(-c2ccccc2)nc1NCc1ccccc1. The minimum Gasteiger partial charge on any atom is -0.366 e. The van der Waals surface area contributed by atoms with Crippen molar-refractivity contribution in [3.8, 4) is 11.3 Å². The summed E-state index contributed by atoms with van der Waals surface area (Å²) in [7, 11) is 0. The van der Waals surface area contributed by atoms with E-state index in [0.717, 1.165) is 29.2 Å². The smallest absolute Gasteiger partial charge is 0.131 e. The maximum Gasteiger partial charge on any atom is 0.131 e. The molecule has 0 saturated heterocycles. The molecule has 0 bridgehead atoms. The maximum absolute atomic E-state index is 5.83. The zero-order chi connectivity index (χ0) is 15.2. The van der Waals surface area contributed by atoms with Gasteiger partial charge in [0, 0.05) is 24.2 Å². The Morgan fingerprint density at radius 2 is 1.50 bits per heavy atom. The Balaban J connectivity index is 1.85. The lowest BCUT2D eigenvalue weighted by molar-refractivity contribution is 1.02. The highest BCUT2D eigenvalue weighted by Gasteiger charge is 2.06. The van der Waals surface area contributed by atoms with E-state index >= 15 is 0 Å². The first-order valence-corrected chi connectivity index (χ1v) is 7.40. The molecule has 0 aliphatic rings. The first kappa shape index (κ1) is 14.3. The second kappa shape index (κ2) is 6.87. The molecule has 3 rings (SSSR count). The van der Waals surface area contributed by atoms with Crippen LogP contribution < -0.4 is 11.1 Å². The predicted molar refractivity (Wildman–Crippen MR) is 91.3 cm³/mol. The van der Waals surface area contributed by atoms with Crippen molar-refractivity contribution in [3.63, 3.8) is 0 Å². The summed E-state index contributed by atoms with van der Waals surface area (Å²) in [6.07, 6.45) is 0. The molecule has 3 aromatic rings. The van der Waals surface area contributed by atoms with Crippen LogP contribution in [0.25, 0.3) is 11.3 Å². The van der Waals surface area contributed by atoms with Gasteiger partial charge >= 0.3 is 0 Å². The molecule has 3 heteroatoms. The topological polar surface area (TPSA) is 50.9 Å². The molecular weight excluding hydrogens is 270 g/mol. The van der Waals surface area contributed by atoms with Gasteiger partial charge in [-0.15, -0.1) is 0 Å². The van der Waals surface area contributed by atoms with Gasteiger partial charge in [0.1, 0.15) is 5.82 Å². The third-order valence-corrected chi connectivity index (χ3v) is 3.57. The number of hydrogen-bond donors (Lipinski definition) is 2. The molecule has 0 amide bonds. The first-order chi connectivity index (χ1) is 10.9. The zero-order valence-corrected chi connectivity index (χ0v) is 12.4. The van der Waals surface area contributed by atoms with Gasteiger partial charge in [-0.25, -0.2) is 4.98 Å². The van der Waals surface area contributed by atoms with Gasteiger partial charge in [0.15, 0.2) is 0 Å². The highest BCUT2D eigenvalue weighted by Crippen LogP contribution is 2.22. The lowest BCUT2D eigenvalue weighted by atomic mass is 10.1. The van der Waals surface area contributed by atoms with Gasteiger partial charge in [-0.05, 0) is 11.6 Å². The van der Waals surface area contributed by atoms with Gasteiger partial charge in [0.05, 0.1) is 5.69 Å². The van der Waals surface area contributed by atoms with Gasteiger partial charge in [0.2, 0.25) is 0 Å². The van der Waals surface area contributed by atoms with Crippen LogP contribution in [-0.2, 0) is 13.1 Å². The summed E-state index contributed by atoms with van der Waals surface area (Å²) in [6.45, 7) is 1.21. The van der Waals surface area contributed by atoms with E-state index < -0.39 is 0 Å². The van der Waals surface area contributed by atoms with Crippen molar-refractivity contribution in [2.75, 3.05) is 5.32 Å². The van der Waals surface area contributed by atoms with E-state index in [1.54, 1.807) is 0 Å². The van der Waals surface area contributed by atoms with Crippen LogP contribution in [0.5, 0.6) is 0 Å². The van der Waals surface area contributed by atoms with Gasteiger partial charge in [-0.3, -0.25) is 0 Å². The average molecular weight is 289 g/mol. The lowest BCUT2D eigenvalue weighted by Gasteiger charge is -2.12. The van der Waals surface area contributed by atoms with Crippen molar-refractivity contribution in [2.45, 2.75) is 13.1 Å². The maximum atomic E-state index is 5.83. The van der Waals surface area contributed by atoms with Crippen LogP contribution in [0.1, 0.15) is 11.1 Å². The fourth-order valence-corrected chi connectivity index (χ4v) is 2.36. The number of anilines is 1. The van der Waals surface area contributed by atoms with E-state index in [2.05, 4.69) is 29.6 Å². The van der Waals surface area contributed by atoms with Crippen LogP contribution in [0.2, 0.25) is 0 Å².